The highest BCUT2D eigenvalue weighted by Crippen LogP contribution is 2.41. The van der Waals surface area contributed by atoms with E-state index in [4.69, 9.17) is 0 Å². The number of anilines is 1. The van der Waals surface area contributed by atoms with Gasteiger partial charge in [-0.1, -0.05) is 48.0 Å². The molecule has 2 aliphatic rings. The van der Waals surface area contributed by atoms with Gasteiger partial charge in [0.05, 0.1) is 6.42 Å². The van der Waals surface area contributed by atoms with Crippen LogP contribution in [0, 0.1) is 12.3 Å². The molecule has 1 fully saturated rings. The van der Waals surface area contributed by atoms with Gasteiger partial charge in [0.2, 0.25) is 11.7 Å². The van der Waals surface area contributed by atoms with Crippen LogP contribution in [-0.2, 0) is 24.2 Å². The van der Waals surface area contributed by atoms with Crippen LogP contribution < -0.4 is 5.32 Å². The molecular weight excluding hydrogens is 414 g/mol. The van der Waals surface area contributed by atoms with Crippen molar-refractivity contribution < 1.29 is 9.59 Å². The molecule has 0 unspecified atom stereocenters. The van der Waals surface area contributed by atoms with Crippen molar-refractivity contribution in [3.05, 3.63) is 77.4 Å². The van der Waals surface area contributed by atoms with Crippen molar-refractivity contribution in [3.63, 3.8) is 0 Å². The highest BCUT2D eigenvalue weighted by Gasteiger charge is 2.41. The number of hydrogen-bond acceptors (Lipinski definition) is 4. The van der Waals surface area contributed by atoms with Gasteiger partial charge in [-0.15, -0.1) is 10.2 Å². The topological polar surface area (TPSA) is 80.1 Å². The van der Waals surface area contributed by atoms with Crippen molar-refractivity contribution in [1.82, 2.24) is 19.7 Å². The first-order valence-corrected chi connectivity index (χ1v) is 11.6. The molecule has 0 radical (unpaired) electrons. The summed E-state index contributed by atoms with van der Waals surface area (Å²) in [5, 5.41) is 11.4. The third-order valence-electron chi connectivity index (χ3n) is 7.07. The van der Waals surface area contributed by atoms with E-state index in [0.29, 0.717) is 18.8 Å². The second kappa shape index (κ2) is 8.81. The van der Waals surface area contributed by atoms with Crippen molar-refractivity contribution in [1.29, 1.82) is 0 Å². The SMILES string of the molecule is Cc1ccc(CC(=O)N2CC[C@@]3(CCc4nnc(C(=O)Nc5ccccc5)n4CC3)C2)cc1. The second-order valence-electron chi connectivity index (χ2n) is 9.39. The minimum absolute atomic E-state index is 0.0802. The molecule has 1 atom stereocenters. The molecule has 1 spiro atoms. The Hall–Kier alpha value is -3.48. The van der Waals surface area contributed by atoms with Gasteiger partial charge in [0, 0.05) is 31.7 Å². The van der Waals surface area contributed by atoms with E-state index < -0.39 is 0 Å². The third-order valence-corrected chi connectivity index (χ3v) is 7.07. The summed E-state index contributed by atoms with van der Waals surface area (Å²) in [7, 11) is 0. The highest BCUT2D eigenvalue weighted by atomic mass is 16.2. The maximum absolute atomic E-state index is 12.9. The van der Waals surface area contributed by atoms with Gasteiger partial charge in [-0.05, 0) is 49.3 Å². The summed E-state index contributed by atoms with van der Waals surface area (Å²) in [4.78, 5) is 27.8. The number of hydrogen-bond donors (Lipinski definition) is 1. The summed E-state index contributed by atoms with van der Waals surface area (Å²) in [6, 6.07) is 17.6. The molecule has 0 aliphatic carbocycles. The first-order chi connectivity index (χ1) is 16.0. The number of benzene rings is 2. The molecule has 33 heavy (non-hydrogen) atoms. The molecule has 7 nitrogen and oxygen atoms in total. The van der Waals surface area contributed by atoms with Crippen LogP contribution in [0.25, 0.3) is 0 Å². The maximum atomic E-state index is 12.9. The lowest BCUT2D eigenvalue weighted by Crippen LogP contribution is -2.33. The molecule has 1 aromatic heterocycles. The number of nitrogens with one attached hydrogen (secondary N) is 1. The van der Waals surface area contributed by atoms with Crippen LogP contribution >= 0.6 is 0 Å². The summed E-state index contributed by atoms with van der Waals surface area (Å²) >= 11 is 0. The van der Waals surface area contributed by atoms with E-state index in [0.717, 1.165) is 55.8 Å². The second-order valence-corrected chi connectivity index (χ2v) is 9.39. The molecule has 2 amide bonds. The van der Waals surface area contributed by atoms with Crippen molar-refractivity contribution in [2.75, 3.05) is 18.4 Å². The molecule has 7 heteroatoms. The number of aryl methyl sites for hydroxylation is 2. The van der Waals surface area contributed by atoms with Crippen molar-refractivity contribution in [3.8, 4) is 0 Å². The zero-order valence-corrected chi connectivity index (χ0v) is 19.0. The molecule has 2 aliphatic heterocycles. The van der Waals surface area contributed by atoms with Gasteiger partial charge in [0.15, 0.2) is 0 Å². The zero-order chi connectivity index (χ0) is 22.8. The summed E-state index contributed by atoms with van der Waals surface area (Å²) in [6.45, 7) is 4.33. The fourth-order valence-corrected chi connectivity index (χ4v) is 5.03. The van der Waals surface area contributed by atoms with Crippen LogP contribution in [0.3, 0.4) is 0 Å². The minimum Gasteiger partial charge on any atom is -0.342 e. The van der Waals surface area contributed by atoms with Crippen LogP contribution in [-0.4, -0.2) is 44.6 Å². The van der Waals surface area contributed by atoms with E-state index in [1.54, 1.807) is 0 Å². The summed E-state index contributed by atoms with van der Waals surface area (Å²) < 4.78 is 1.96. The van der Waals surface area contributed by atoms with Crippen molar-refractivity contribution in [2.24, 2.45) is 5.41 Å². The van der Waals surface area contributed by atoms with Crippen LogP contribution in [0.4, 0.5) is 5.69 Å². The number of amides is 2. The molecule has 170 valence electrons. The maximum Gasteiger partial charge on any atom is 0.293 e. The van der Waals surface area contributed by atoms with Crippen molar-refractivity contribution >= 4 is 17.5 Å². The molecule has 1 N–H and O–H groups in total. The number of para-hydroxylation sites is 1. The molecule has 5 rings (SSSR count). The van der Waals surface area contributed by atoms with E-state index in [9.17, 15) is 9.59 Å². The lowest BCUT2D eigenvalue weighted by atomic mass is 9.80. The quantitative estimate of drug-likeness (QED) is 0.668. The molecular formula is C26H29N5O2. The molecule has 3 aromatic rings. The van der Waals surface area contributed by atoms with Gasteiger partial charge in [-0.25, -0.2) is 0 Å². The highest BCUT2D eigenvalue weighted by molar-refractivity contribution is 6.01. The first kappa shape index (κ1) is 21.4. The third kappa shape index (κ3) is 4.53. The van der Waals surface area contributed by atoms with Crippen molar-refractivity contribution in [2.45, 2.75) is 45.6 Å². The predicted octanol–water partition coefficient (Wildman–Crippen LogP) is 3.64. The monoisotopic (exact) mass is 443 g/mol. The number of aromatic nitrogens is 3. The fourth-order valence-electron chi connectivity index (χ4n) is 5.03. The van der Waals surface area contributed by atoms with Crippen LogP contribution in [0.1, 0.15) is 46.8 Å². The van der Waals surface area contributed by atoms with E-state index in [1.165, 1.54) is 5.56 Å². The Morgan fingerprint density at radius 1 is 0.970 bits per heavy atom. The van der Waals surface area contributed by atoms with E-state index in [-0.39, 0.29) is 17.2 Å². The number of likely N-dealkylation sites (tertiary alicyclic amines) is 1. The first-order valence-electron chi connectivity index (χ1n) is 11.6. The van der Waals surface area contributed by atoms with Gasteiger partial charge in [0.1, 0.15) is 5.82 Å². The Bertz CT molecular complexity index is 1160. The van der Waals surface area contributed by atoms with Gasteiger partial charge in [-0.3, -0.25) is 9.59 Å². The van der Waals surface area contributed by atoms with Crippen LogP contribution in [0.15, 0.2) is 54.6 Å². The number of carbonyl (C=O) groups is 2. The molecule has 2 aromatic carbocycles. The van der Waals surface area contributed by atoms with Gasteiger partial charge >= 0.3 is 0 Å². The molecule has 3 heterocycles. The standard InChI is InChI=1S/C26H29N5O2/c1-19-7-9-20(10-8-19)17-23(32)30-15-13-26(18-30)12-11-22-28-29-24(31(22)16-14-26)25(33)27-21-5-3-2-4-6-21/h2-10H,11-18H2,1H3,(H,27,33)/t26-/m1/s1. The van der Waals surface area contributed by atoms with Gasteiger partial charge < -0.3 is 14.8 Å². The van der Waals surface area contributed by atoms with Crippen LogP contribution in [0.2, 0.25) is 0 Å². The summed E-state index contributed by atoms with van der Waals surface area (Å²) in [5.41, 5.74) is 3.08. The zero-order valence-electron chi connectivity index (χ0n) is 19.0. The Balaban J connectivity index is 1.23. The number of nitrogens with zero attached hydrogens (tertiary/aromatic N) is 4. The largest absolute Gasteiger partial charge is 0.342 e. The Morgan fingerprint density at radius 2 is 1.73 bits per heavy atom. The smallest absolute Gasteiger partial charge is 0.293 e. The summed E-state index contributed by atoms with van der Waals surface area (Å²) in [6.07, 6.45) is 4.09. The minimum atomic E-state index is -0.239. The van der Waals surface area contributed by atoms with E-state index in [1.807, 2.05) is 51.9 Å². The molecule has 0 bridgehead atoms. The predicted molar refractivity (Wildman–Crippen MR) is 126 cm³/mol. The fraction of sp³-hybridized carbons (Fsp3) is 0.385. The number of fused-ring (bicyclic) bond motifs is 1. The normalized spacial score (nSPS) is 19.8. The summed E-state index contributed by atoms with van der Waals surface area (Å²) in [5.74, 6) is 1.17. The van der Waals surface area contributed by atoms with E-state index in [2.05, 4.69) is 34.6 Å². The average molecular weight is 444 g/mol. The Labute approximate surface area is 193 Å². The average Bonchev–Trinajstić information content (AvgIpc) is 3.39. The number of rotatable bonds is 4. The molecule has 0 saturated carbocycles. The Kier molecular flexibility index (Phi) is 5.70. The van der Waals surface area contributed by atoms with Gasteiger partial charge in [0.25, 0.3) is 5.91 Å². The van der Waals surface area contributed by atoms with E-state index >= 15 is 0 Å². The number of carbonyl (C=O) groups excluding carboxylic acids is 2. The molecule has 1 saturated heterocycles. The lowest BCUT2D eigenvalue weighted by Gasteiger charge is -2.27. The lowest BCUT2D eigenvalue weighted by molar-refractivity contribution is -0.129. The van der Waals surface area contributed by atoms with Crippen LogP contribution in [0.5, 0.6) is 0 Å². The Morgan fingerprint density at radius 3 is 2.52 bits per heavy atom. The van der Waals surface area contributed by atoms with Gasteiger partial charge in [-0.2, -0.15) is 0 Å².